The molecule has 28 heavy (non-hydrogen) atoms. The molecule has 0 atom stereocenters. The van der Waals surface area contributed by atoms with E-state index in [1.54, 1.807) is 25.0 Å². The van der Waals surface area contributed by atoms with Crippen LogP contribution in [0.15, 0.2) is 36.5 Å². The predicted molar refractivity (Wildman–Crippen MR) is 111 cm³/mol. The minimum atomic E-state index is -0.457. The number of hydrogen-bond acceptors (Lipinski definition) is 5. The van der Waals surface area contributed by atoms with E-state index in [2.05, 4.69) is 10.3 Å². The summed E-state index contributed by atoms with van der Waals surface area (Å²) in [6.45, 7) is 3.63. The van der Waals surface area contributed by atoms with Gasteiger partial charge in [-0.25, -0.2) is 4.98 Å². The smallest absolute Gasteiger partial charge is 0.376 e. The van der Waals surface area contributed by atoms with Gasteiger partial charge in [-0.05, 0) is 50.5 Å². The number of nitrogens with one attached hydrogen (secondary N) is 1. The monoisotopic (exact) mass is 421 g/mol. The first-order valence-electron chi connectivity index (χ1n) is 9.19. The van der Waals surface area contributed by atoms with E-state index in [1.807, 2.05) is 16.9 Å². The van der Waals surface area contributed by atoms with Crippen LogP contribution < -0.4 is 10.1 Å². The topological polar surface area (TPSA) is 74.7 Å². The number of hydrogen-bond donors (Lipinski definition) is 2. The van der Waals surface area contributed by atoms with E-state index in [1.165, 1.54) is 6.20 Å². The summed E-state index contributed by atoms with van der Waals surface area (Å²) in [5.41, 5.74) is 1.18. The van der Waals surface area contributed by atoms with Crippen molar-refractivity contribution >= 4 is 36.2 Å². The number of rotatable bonds is 6. The summed E-state index contributed by atoms with van der Waals surface area (Å²) in [5, 5.41) is 13.5. The van der Waals surface area contributed by atoms with Gasteiger partial charge in [-0.15, -0.1) is 0 Å². The normalized spacial score (nSPS) is 15.3. The van der Waals surface area contributed by atoms with Crippen molar-refractivity contribution < 1.29 is 14.6 Å². The number of amides is 1. The lowest BCUT2D eigenvalue weighted by Crippen LogP contribution is -2.45. The van der Waals surface area contributed by atoms with Gasteiger partial charge in [0.2, 0.25) is 0 Å². The van der Waals surface area contributed by atoms with Crippen molar-refractivity contribution in [2.45, 2.75) is 32.3 Å². The molecule has 2 N–H and O–H groups in total. The zero-order valence-corrected chi connectivity index (χ0v) is 17.1. The first kappa shape index (κ1) is 20.9. The lowest BCUT2D eigenvalue weighted by Gasteiger charge is -2.32. The molecule has 148 valence electrons. The Bertz CT molecular complexity index is 813. The molecular formula is C19H22BCl2N3O3. The molecule has 0 spiro atoms. The second-order valence-electron chi connectivity index (χ2n) is 6.79. The molecule has 1 fully saturated rings. The molecule has 1 aliphatic heterocycles. The second kappa shape index (κ2) is 9.61. The highest BCUT2D eigenvalue weighted by molar-refractivity contribution is 6.45. The summed E-state index contributed by atoms with van der Waals surface area (Å²) in [6.07, 6.45) is 2.97. The summed E-state index contributed by atoms with van der Waals surface area (Å²) in [4.78, 5) is 18.5. The van der Waals surface area contributed by atoms with Gasteiger partial charge in [-0.2, -0.15) is 0 Å². The summed E-state index contributed by atoms with van der Waals surface area (Å²) < 4.78 is 6.01. The van der Waals surface area contributed by atoms with Crippen LogP contribution in [-0.4, -0.2) is 47.0 Å². The Balaban J connectivity index is 1.59. The van der Waals surface area contributed by atoms with Crippen molar-refractivity contribution in [3.8, 4) is 5.75 Å². The van der Waals surface area contributed by atoms with Crippen molar-refractivity contribution in [2.75, 3.05) is 13.1 Å². The molecule has 0 radical (unpaired) electrons. The van der Waals surface area contributed by atoms with Gasteiger partial charge in [-0.3, -0.25) is 4.79 Å². The van der Waals surface area contributed by atoms with Gasteiger partial charge in [0.1, 0.15) is 22.6 Å². The zero-order chi connectivity index (χ0) is 20.1. The maximum Gasteiger partial charge on any atom is 0.376 e. The number of halogens is 2. The highest BCUT2D eigenvalue weighted by atomic mass is 35.5. The number of carbonyl (C=O) groups excluding carboxylic acids is 1. The van der Waals surface area contributed by atoms with Crippen LogP contribution >= 0.6 is 23.2 Å². The summed E-state index contributed by atoms with van der Waals surface area (Å²) in [5.74, 6) is 0.143. The van der Waals surface area contributed by atoms with E-state index in [0.29, 0.717) is 22.3 Å². The highest BCUT2D eigenvalue weighted by Crippen LogP contribution is 2.27. The minimum Gasteiger partial charge on any atom is -0.489 e. The number of nitrogens with zero attached hydrogens (tertiary/aromatic N) is 2. The minimum absolute atomic E-state index is 0.0140. The van der Waals surface area contributed by atoms with Gasteiger partial charge in [0.25, 0.3) is 5.91 Å². The van der Waals surface area contributed by atoms with Crippen LogP contribution in [0.5, 0.6) is 5.75 Å². The van der Waals surface area contributed by atoms with E-state index in [9.17, 15) is 9.82 Å². The largest absolute Gasteiger partial charge is 0.489 e. The molecule has 1 aromatic carbocycles. The Kier molecular flexibility index (Phi) is 7.18. The molecule has 1 aromatic heterocycles. The third-order valence-corrected chi connectivity index (χ3v) is 5.25. The number of ether oxygens (including phenoxy) is 1. The van der Waals surface area contributed by atoms with Gasteiger partial charge in [0.05, 0.1) is 6.20 Å². The van der Waals surface area contributed by atoms with Crippen molar-refractivity contribution in [3.63, 3.8) is 0 Å². The Morgan fingerprint density at radius 3 is 2.64 bits per heavy atom. The van der Waals surface area contributed by atoms with Crippen LogP contribution in [0.3, 0.4) is 0 Å². The number of piperidine rings is 1. The number of carbonyl (C=O) groups is 1. The lowest BCUT2D eigenvalue weighted by atomic mass is 9.82. The lowest BCUT2D eigenvalue weighted by molar-refractivity contribution is 0.0943. The fourth-order valence-corrected chi connectivity index (χ4v) is 3.33. The summed E-state index contributed by atoms with van der Waals surface area (Å²) in [6, 6.07) is 8.83. The third kappa shape index (κ3) is 5.61. The van der Waals surface area contributed by atoms with Gasteiger partial charge in [0.15, 0.2) is 0 Å². The third-order valence-electron chi connectivity index (χ3n) is 4.72. The second-order valence-corrected chi connectivity index (χ2v) is 7.64. The van der Waals surface area contributed by atoms with Crippen molar-refractivity contribution in [2.24, 2.45) is 0 Å². The fraction of sp³-hybridized carbons (Fsp3) is 0.368. The standard InChI is InChI=1S/C19H22BCl2N3O3/c1-20(27)25-8-6-15(7-9-25)28-18-10-17(23-12-16(18)22)19(26)24-11-13-2-4-14(21)5-3-13/h2-5,10,12,15,27H,6-9,11H2,1H3,(H,24,26). The Hall–Kier alpha value is -1.80. The van der Waals surface area contributed by atoms with Crippen LogP contribution in [0.1, 0.15) is 28.9 Å². The predicted octanol–water partition coefficient (Wildman–Crippen LogP) is 3.27. The van der Waals surface area contributed by atoms with Gasteiger partial charge in [0, 0.05) is 17.6 Å². The molecule has 6 nitrogen and oxygen atoms in total. The molecule has 0 bridgehead atoms. The number of pyridine rings is 1. The van der Waals surface area contributed by atoms with Gasteiger partial charge in [-0.1, -0.05) is 35.3 Å². The van der Waals surface area contributed by atoms with E-state index in [0.717, 1.165) is 31.5 Å². The molecule has 1 saturated heterocycles. The molecule has 9 heteroatoms. The van der Waals surface area contributed by atoms with E-state index >= 15 is 0 Å². The molecule has 2 heterocycles. The number of aromatic nitrogens is 1. The average molecular weight is 422 g/mol. The van der Waals surface area contributed by atoms with Crippen LogP contribution in [0, 0.1) is 0 Å². The molecule has 1 amide bonds. The maximum absolute atomic E-state index is 12.4. The Labute approximate surface area is 174 Å². The summed E-state index contributed by atoms with van der Waals surface area (Å²) in [7, 11) is -0.457. The molecule has 0 unspecified atom stereocenters. The highest BCUT2D eigenvalue weighted by Gasteiger charge is 2.25. The molecular weight excluding hydrogens is 400 g/mol. The fourth-order valence-electron chi connectivity index (χ4n) is 3.06. The van der Waals surface area contributed by atoms with Crippen LogP contribution in [0.2, 0.25) is 16.9 Å². The molecule has 2 aromatic rings. The molecule has 0 aliphatic carbocycles. The van der Waals surface area contributed by atoms with E-state index in [4.69, 9.17) is 27.9 Å². The van der Waals surface area contributed by atoms with Crippen LogP contribution in [0.25, 0.3) is 0 Å². The quantitative estimate of drug-likeness (QED) is 0.700. The first-order chi connectivity index (χ1) is 13.4. The average Bonchev–Trinajstić information content (AvgIpc) is 2.69. The van der Waals surface area contributed by atoms with Crippen LogP contribution in [-0.2, 0) is 6.54 Å². The molecule has 1 aliphatic rings. The Morgan fingerprint density at radius 1 is 1.32 bits per heavy atom. The summed E-state index contributed by atoms with van der Waals surface area (Å²) >= 11 is 12.1. The van der Waals surface area contributed by atoms with Crippen molar-refractivity contribution in [1.82, 2.24) is 15.1 Å². The maximum atomic E-state index is 12.4. The van der Waals surface area contributed by atoms with Crippen molar-refractivity contribution in [3.05, 3.63) is 57.8 Å². The molecule has 3 rings (SSSR count). The zero-order valence-electron chi connectivity index (χ0n) is 15.6. The van der Waals surface area contributed by atoms with E-state index < -0.39 is 7.05 Å². The SMILES string of the molecule is CB(O)N1CCC(Oc2cc(C(=O)NCc3ccc(Cl)cc3)ncc2Cl)CC1. The van der Waals surface area contributed by atoms with Gasteiger partial charge >= 0.3 is 7.05 Å². The number of benzene rings is 1. The van der Waals surface area contributed by atoms with E-state index in [-0.39, 0.29) is 17.7 Å². The Morgan fingerprint density at radius 2 is 2.00 bits per heavy atom. The van der Waals surface area contributed by atoms with Crippen molar-refractivity contribution in [1.29, 1.82) is 0 Å². The van der Waals surface area contributed by atoms with Gasteiger partial charge < -0.3 is 19.9 Å². The molecule has 0 saturated carbocycles. The first-order valence-corrected chi connectivity index (χ1v) is 9.95. The van der Waals surface area contributed by atoms with Crippen LogP contribution in [0.4, 0.5) is 0 Å².